The first kappa shape index (κ1) is 20.7. The summed E-state index contributed by atoms with van der Waals surface area (Å²) in [4.78, 5) is 40.3. The van der Waals surface area contributed by atoms with E-state index in [0.717, 1.165) is 24.3 Å². The molecule has 4 aliphatic rings. The van der Waals surface area contributed by atoms with Gasteiger partial charge in [-0.2, -0.15) is 0 Å². The van der Waals surface area contributed by atoms with Gasteiger partial charge < -0.3 is 25.3 Å². The van der Waals surface area contributed by atoms with Gasteiger partial charge in [0.25, 0.3) is 0 Å². The molecule has 4 rings (SSSR count). The number of carbonyl (C=O) groups excluding carboxylic acids is 2. The Hall–Kier alpha value is -1.58. The van der Waals surface area contributed by atoms with Crippen LogP contribution in [0.4, 0.5) is 0 Å². The van der Waals surface area contributed by atoms with Gasteiger partial charge in [0.1, 0.15) is 5.70 Å². The summed E-state index contributed by atoms with van der Waals surface area (Å²) < 4.78 is 0. The van der Waals surface area contributed by atoms with E-state index in [9.17, 15) is 24.6 Å². The van der Waals surface area contributed by atoms with E-state index in [4.69, 9.17) is 0 Å². The summed E-state index contributed by atoms with van der Waals surface area (Å²) in [5, 5.41) is 23.4. The highest BCUT2D eigenvalue weighted by Gasteiger charge is 2.60. The van der Waals surface area contributed by atoms with Crippen LogP contribution in [-0.2, 0) is 14.4 Å². The van der Waals surface area contributed by atoms with Crippen molar-refractivity contribution in [2.24, 2.45) is 23.7 Å². The third-order valence-electron chi connectivity index (χ3n) is 6.84. The molecule has 9 heteroatoms. The molecular weight excluding hydrogens is 394 g/mol. The molecule has 160 valence electrons. The highest BCUT2D eigenvalue weighted by Crippen LogP contribution is 2.53. The van der Waals surface area contributed by atoms with Crippen molar-refractivity contribution in [2.75, 3.05) is 20.6 Å². The topological polar surface area (TPSA) is 110 Å². The number of hydrogen-bond donors (Lipinski definition) is 3. The highest BCUT2D eigenvalue weighted by atomic mass is 32.2. The van der Waals surface area contributed by atoms with E-state index >= 15 is 0 Å². The van der Waals surface area contributed by atoms with Crippen LogP contribution in [0.15, 0.2) is 10.6 Å². The van der Waals surface area contributed by atoms with Crippen LogP contribution in [0.25, 0.3) is 0 Å². The number of nitrogens with one attached hydrogen (secondary N) is 1. The minimum atomic E-state index is -1.08. The van der Waals surface area contributed by atoms with Crippen molar-refractivity contribution in [1.82, 2.24) is 15.1 Å². The van der Waals surface area contributed by atoms with Crippen LogP contribution in [0.5, 0.6) is 0 Å². The number of fused-ring (bicyclic) bond motifs is 1. The number of aliphatic hydroxyl groups is 1. The molecule has 2 saturated heterocycles. The number of aliphatic carboxylic acids is 1. The zero-order chi connectivity index (χ0) is 21.2. The van der Waals surface area contributed by atoms with Crippen molar-refractivity contribution in [3.05, 3.63) is 10.6 Å². The van der Waals surface area contributed by atoms with Gasteiger partial charge >= 0.3 is 5.97 Å². The molecule has 1 saturated carbocycles. The first-order valence-corrected chi connectivity index (χ1v) is 11.1. The second-order valence-corrected chi connectivity index (χ2v) is 10.3. The number of rotatable bonds is 6. The highest BCUT2D eigenvalue weighted by molar-refractivity contribution is 8.03. The summed E-state index contributed by atoms with van der Waals surface area (Å²) in [5.74, 6) is -1.39. The van der Waals surface area contributed by atoms with Crippen molar-refractivity contribution in [3.63, 3.8) is 0 Å². The molecule has 29 heavy (non-hydrogen) atoms. The number of nitrogens with zero attached hydrogens (tertiary/aromatic N) is 2. The predicted molar refractivity (Wildman–Crippen MR) is 108 cm³/mol. The molecule has 0 aromatic carbocycles. The minimum Gasteiger partial charge on any atom is -0.477 e. The second-order valence-electron chi connectivity index (χ2n) is 9.00. The molecule has 1 aliphatic carbocycles. The summed E-state index contributed by atoms with van der Waals surface area (Å²) in [6.45, 7) is 4.30. The molecule has 0 spiro atoms. The molecule has 8 nitrogen and oxygen atoms in total. The van der Waals surface area contributed by atoms with Gasteiger partial charge in [0.2, 0.25) is 11.8 Å². The fourth-order valence-corrected chi connectivity index (χ4v) is 6.78. The Balaban J connectivity index is 1.44. The van der Waals surface area contributed by atoms with E-state index < -0.39 is 18.0 Å². The molecule has 3 N–H and O–H groups in total. The lowest BCUT2D eigenvalue weighted by molar-refractivity contribution is -0.163. The molecule has 0 radical (unpaired) electrons. The van der Waals surface area contributed by atoms with E-state index in [1.165, 1.54) is 4.90 Å². The van der Waals surface area contributed by atoms with Crippen LogP contribution in [0.1, 0.15) is 26.7 Å². The standard InChI is InChI=1S/C20H29N3O5S/c1-8-15-14(9(2)24)19(26)23(15)16(20(27)28)17(8)29-10-5-13(21-7-10)11-6-12(11)18(25)22(3)4/h8-15,21,24H,5-7H2,1-4H3,(H,27,28)/t8-,9-,10+,11?,12?,13+,14-,15-/m1/s1. The lowest BCUT2D eigenvalue weighted by atomic mass is 9.79. The zero-order valence-electron chi connectivity index (χ0n) is 17.2. The van der Waals surface area contributed by atoms with Crippen LogP contribution in [0, 0.1) is 23.7 Å². The van der Waals surface area contributed by atoms with E-state index in [1.807, 2.05) is 6.92 Å². The van der Waals surface area contributed by atoms with Crippen molar-refractivity contribution >= 4 is 29.5 Å². The number of carboxylic acids is 1. The Morgan fingerprint density at radius 2 is 2.00 bits per heavy atom. The molecule has 0 aromatic heterocycles. The van der Waals surface area contributed by atoms with Crippen molar-refractivity contribution in [1.29, 1.82) is 0 Å². The Bertz CT molecular complexity index is 782. The number of hydrogen-bond acceptors (Lipinski definition) is 6. The molecule has 3 fully saturated rings. The summed E-state index contributed by atoms with van der Waals surface area (Å²) in [6.07, 6.45) is 1.00. The second kappa shape index (κ2) is 7.28. The number of carbonyl (C=O) groups is 3. The predicted octanol–water partition coefficient (Wildman–Crippen LogP) is 0.328. The third kappa shape index (κ3) is 3.27. The van der Waals surface area contributed by atoms with Gasteiger partial charge in [-0.1, -0.05) is 6.92 Å². The maximum absolute atomic E-state index is 12.4. The number of thioether (sulfide) groups is 1. The monoisotopic (exact) mass is 423 g/mol. The smallest absolute Gasteiger partial charge is 0.353 e. The van der Waals surface area contributed by atoms with Crippen LogP contribution in [0.3, 0.4) is 0 Å². The van der Waals surface area contributed by atoms with Crippen LogP contribution >= 0.6 is 11.8 Å². The molecule has 0 bridgehead atoms. The van der Waals surface area contributed by atoms with Crippen molar-refractivity contribution in [2.45, 2.75) is 50.1 Å². The number of β-lactam (4-membered cyclic amide) rings is 1. The average Bonchev–Trinajstić information content (AvgIpc) is 3.23. The van der Waals surface area contributed by atoms with Crippen molar-refractivity contribution < 1.29 is 24.6 Å². The van der Waals surface area contributed by atoms with Gasteiger partial charge in [0.15, 0.2) is 0 Å². The van der Waals surface area contributed by atoms with E-state index in [2.05, 4.69) is 5.32 Å². The lowest BCUT2D eigenvalue weighted by Crippen LogP contribution is -2.63. The Labute approximate surface area is 174 Å². The summed E-state index contributed by atoms with van der Waals surface area (Å²) >= 11 is 1.55. The molecule has 8 atom stereocenters. The van der Waals surface area contributed by atoms with Gasteiger partial charge in [0, 0.05) is 48.7 Å². The third-order valence-corrected chi connectivity index (χ3v) is 8.36. The summed E-state index contributed by atoms with van der Waals surface area (Å²) in [6, 6.07) is 0.00245. The zero-order valence-corrected chi connectivity index (χ0v) is 18.0. The summed E-state index contributed by atoms with van der Waals surface area (Å²) in [5.41, 5.74) is 0.0879. The van der Waals surface area contributed by atoms with E-state index in [-0.39, 0.29) is 46.7 Å². The first-order chi connectivity index (χ1) is 13.6. The first-order valence-electron chi connectivity index (χ1n) is 10.2. The molecular formula is C20H29N3O5S. The summed E-state index contributed by atoms with van der Waals surface area (Å²) in [7, 11) is 3.57. The van der Waals surface area contributed by atoms with E-state index in [1.54, 1.807) is 37.7 Å². The van der Waals surface area contributed by atoms with Crippen LogP contribution in [-0.4, -0.2) is 81.9 Å². The van der Waals surface area contributed by atoms with Gasteiger partial charge in [-0.25, -0.2) is 4.79 Å². The Kier molecular flexibility index (Phi) is 5.19. The molecule has 3 aliphatic heterocycles. The van der Waals surface area contributed by atoms with E-state index in [0.29, 0.717) is 5.92 Å². The molecule has 2 unspecified atom stereocenters. The number of amides is 2. The fourth-order valence-electron chi connectivity index (χ4n) is 5.28. The van der Waals surface area contributed by atoms with Crippen LogP contribution in [0.2, 0.25) is 0 Å². The lowest BCUT2D eigenvalue weighted by Gasteiger charge is -2.46. The van der Waals surface area contributed by atoms with Gasteiger partial charge in [0.05, 0.1) is 18.1 Å². The van der Waals surface area contributed by atoms with Crippen LogP contribution < -0.4 is 5.32 Å². The molecule has 2 amide bonds. The number of carboxylic acid groups (broad SMARTS) is 1. The normalized spacial score (nSPS) is 39.3. The van der Waals surface area contributed by atoms with Gasteiger partial charge in [-0.15, -0.1) is 11.8 Å². The molecule has 3 heterocycles. The Morgan fingerprint density at radius 1 is 1.31 bits per heavy atom. The number of aliphatic hydroxyl groups excluding tert-OH is 1. The molecule has 0 aromatic rings. The maximum atomic E-state index is 12.4. The minimum absolute atomic E-state index is 0.0879. The largest absolute Gasteiger partial charge is 0.477 e. The maximum Gasteiger partial charge on any atom is 0.353 e. The van der Waals surface area contributed by atoms with Gasteiger partial charge in [-0.05, 0) is 25.7 Å². The van der Waals surface area contributed by atoms with Crippen molar-refractivity contribution in [3.8, 4) is 0 Å². The quantitative estimate of drug-likeness (QED) is 0.528. The fraction of sp³-hybridized carbons (Fsp3) is 0.750. The average molecular weight is 424 g/mol. The SMILES string of the molecule is C[C@@H](O)[C@H]1C(=O)N2C(C(=O)O)=C(S[C@@H]3CN[C@H](C4CC4C(=O)N(C)C)C3)[C@H](C)[C@H]12. The Morgan fingerprint density at radius 3 is 2.59 bits per heavy atom. The van der Waals surface area contributed by atoms with Gasteiger partial charge in [-0.3, -0.25) is 9.59 Å².